The number of rotatable bonds is 3. The zero-order valence-electron chi connectivity index (χ0n) is 10.9. The van der Waals surface area contributed by atoms with Gasteiger partial charge in [0, 0.05) is 5.69 Å². The molecule has 6 heteroatoms. The molecule has 1 fully saturated rings. The van der Waals surface area contributed by atoms with Crippen LogP contribution in [-0.2, 0) is 9.59 Å². The Bertz CT molecular complexity index is 646. The summed E-state index contributed by atoms with van der Waals surface area (Å²) in [5, 5.41) is 11.9. The highest BCUT2D eigenvalue weighted by molar-refractivity contribution is 6.31. The molecule has 4 atom stereocenters. The van der Waals surface area contributed by atoms with Crippen LogP contribution in [0, 0.1) is 29.5 Å². The molecule has 0 aliphatic heterocycles. The number of fused-ring (bicyclic) bond motifs is 2. The molecule has 2 bridgehead atoms. The van der Waals surface area contributed by atoms with Crippen LogP contribution in [0.2, 0.25) is 5.02 Å². The fourth-order valence-electron chi connectivity index (χ4n) is 3.32. The van der Waals surface area contributed by atoms with Crippen LogP contribution in [0.15, 0.2) is 30.4 Å². The van der Waals surface area contributed by atoms with Gasteiger partial charge in [-0.25, -0.2) is 4.39 Å². The van der Waals surface area contributed by atoms with Crippen LogP contribution in [0.5, 0.6) is 0 Å². The number of carbonyl (C=O) groups is 2. The summed E-state index contributed by atoms with van der Waals surface area (Å²) in [7, 11) is 0. The summed E-state index contributed by atoms with van der Waals surface area (Å²) in [6, 6.07) is 3.87. The average molecular weight is 310 g/mol. The first-order valence-corrected chi connectivity index (χ1v) is 7.02. The Labute approximate surface area is 125 Å². The number of anilines is 1. The maximum absolute atomic E-state index is 13.1. The van der Waals surface area contributed by atoms with Crippen LogP contribution >= 0.6 is 11.6 Å². The number of halogens is 2. The van der Waals surface area contributed by atoms with E-state index in [0.717, 1.165) is 6.07 Å². The molecule has 0 saturated heterocycles. The van der Waals surface area contributed by atoms with Crippen molar-refractivity contribution in [2.45, 2.75) is 6.42 Å². The van der Waals surface area contributed by atoms with Crippen molar-refractivity contribution in [3.63, 3.8) is 0 Å². The molecule has 0 aromatic heterocycles. The van der Waals surface area contributed by atoms with Crippen LogP contribution in [-0.4, -0.2) is 17.0 Å². The molecule has 0 unspecified atom stereocenters. The van der Waals surface area contributed by atoms with E-state index >= 15 is 0 Å². The second-order valence-corrected chi connectivity index (χ2v) is 5.86. The second-order valence-electron chi connectivity index (χ2n) is 5.46. The summed E-state index contributed by atoms with van der Waals surface area (Å²) in [5.41, 5.74) is 0.363. The van der Waals surface area contributed by atoms with Gasteiger partial charge in [-0.3, -0.25) is 9.59 Å². The summed E-state index contributed by atoms with van der Waals surface area (Å²) in [5.74, 6) is -3.31. The predicted octanol–water partition coefficient (Wildman–Crippen LogP) is 2.94. The first-order valence-electron chi connectivity index (χ1n) is 6.64. The van der Waals surface area contributed by atoms with E-state index < -0.39 is 23.6 Å². The topological polar surface area (TPSA) is 66.4 Å². The summed E-state index contributed by atoms with van der Waals surface area (Å²) < 4.78 is 13.1. The first kappa shape index (κ1) is 14.1. The number of hydrogen-bond acceptors (Lipinski definition) is 2. The molecule has 0 spiro atoms. The fourth-order valence-corrected chi connectivity index (χ4v) is 3.50. The Kier molecular flexibility index (Phi) is 3.45. The molecule has 1 saturated carbocycles. The Hall–Kier alpha value is -1.88. The van der Waals surface area contributed by atoms with Gasteiger partial charge >= 0.3 is 5.97 Å². The van der Waals surface area contributed by atoms with Crippen molar-refractivity contribution < 1.29 is 19.1 Å². The van der Waals surface area contributed by atoms with Gasteiger partial charge in [-0.15, -0.1) is 0 Å². The average Bonchev–Trinajstić information content (AvgIpc) is 3.03. The van der Waals surface area contributed by atoms with E-state index in [0.29, 0.717) is 12.1 Å². The number of carboxylic acid groups (broad SMARTS) is 1. The largest absolute Gasteiger partial charge is 0.481 e. The van der Waals surface area contributed by atoms with Crippen molar-refractivity contribution >= 4 is 29.2 Å². The van der Waals surface area contributed by atoms with E-state index in [-0.39, 0.29) is 22.8 Å². The fraction of sp³-hybridized carbons (Fsp3) is 0.333. The Morgan fingerprint density at radius 3 is 2.52 bits per heavy atom. The lowest BCUT2D eigenvalue weighted by atomic mass is 9.82. The summed E-state index contributed by atoms with van der Waals surface area (Å²) in [6.45, 7) is 0. The smallest absolute Gasteiger partial charge is 0.307 e. The van der Waals surface area contributed by atoms with Gasteiger partial charge in [-0.2, -0.15) is 0 Å². The number of carboxylic acids is 1. The SMILES string of the molecule is O=C(Nc1ccc(F)c(Cl)c1)[C@@H]1[C@H](C(=O)O)[C@@H]2C=C[C@H]1C2. The van der Waals surface area contributed by atoms with Crippen molar-refractivity contribution in [2.24, 2.45) is 23.7 Å². The van der Waals surface area contributed by atoms with Crippen molar-refractivity contribution in [3.05, 3.63) is 41.2 Å². The van der Waals surface area contributed by atoms with Crippen LogP contribution in [0.4, 0.5) is 10.1 Å². The normalized spacial score (nSPS) is 29.6. The number of amides is 1. The first-order chi connectivity index (χ1) is 9.97. The van der Waals surface area contributed by atoms with Crippen molar-refractivity contribution in [3.8, 4) is 0 Å². The highest BCUT2D eigenvalue weighted by Gasteiger charge is 2.51. The van der Waals surface area contributed by atoms with Gasteiger partial charge in [-0.05, 0) is 36.5 Å². The molecular formula is C15H13ClFNO3. The maximum atomic E-state index is 13.1. The standard InChI is InChI=1S/C15H13ClFNO3/c16-10-6-9(3-4-11(10)17)18-14(19)12-7-1-2-8(5-7)13(12)15(20)21/h1-4,6-8,12-13H,5H2,(H,18,19)(H,20,21)/t7-,8+,12-,13+/m0/s1. The number of hydrogen-bond donors (Lipinski definition) is 2. The van der Waals surface area contributed by atoms with E-state index in [9.17, 15) is 19.1 Å². The predicted molar refractivity (Wildman–Crippen MR) is 75.4 cm³/mol. The van der Waals surface area contributed by atoms with Crippen molar-refractivity contribution in [1.82, 2.24) is 0 Å². The Morgan fingerprint density at radius 1 is 1.24 bits per heavy atom. The van der Waals surface area contributed by atoms with Crippen LogP contribution in [0.3, 0.4) is 0 Å². The van der Waals surface area contributed by atoms with E-state index in [4.69, 9.17) is 11.6 Å². The zero-order valence-corrected chi connectivity index (χ0v) is 11.7. The minimum Gasteiger partial charge on any atom is -0.481 e. The van der Waals surface area contributed by atoms with Gasteiger partial charge in [0.1, 0.15) is 5.82 Å². The van der Waals surface area contributed by atoms with E-state index in [1.807, 2.05) is 12.2 Å². The monoisotopic (exact) mass is 309 g/mol. The lowest BCUT2D eigenvalue weighted by Crippen LogP contribution is -2.36. The van der Waals surface area contributed by atoms with Gasteiger partial charge in [0.15, 0.2) is 0 Å². The third-order valence-electron chi connectivity index (χ3n) is 4.23. The summed E-state index contributed by atoms with van der Waals surface area (Å²) in [6.07, 6.45) is 4.48. The number of carbonyl (C=O) groups excluding carboxylic acids is 1. The lowest BCUT2D eigenvalue weighted by molar-refractivity contribution is -0.146. The number of allylic oxidation sites excluding steroid dienone is 2. The van der Waals surface area contributed by atoms with E-state index in [1.165, 1.54) is 12.1 Å². The van der Waals surface area contributed by atoms with E-state index in [1.54, 1.807) is 0 Å². The van der Waals surface area contributed by atoms with Crippen molar-refractivity contribution in [2.75, 3.05) is 5.32 Å². The summed E-state index contributed by atoms with van der Waals surface area (Å²) in [4.78, 5) is 23.7. The molecule has 21 heavy (non-hydrogen) atoms. The van der Waals surface area contributed by atoms with Gasteiger partial charge in [0.05, 0.1) is 16.9 Å². The van der Waals surface area contributed by atoms with Gasteiger partial charge in [-0.1, -0.05) is 23.8 Å². The minimum absolute atomic E-state index is 0.0491. The molecule has 110 valence electrons. The highest BCUT2D eigenvalue weighted by atomic mass is 35.5. The Morgan fingerprint density at radius 2 is 1.90 bits per heavy atom. The number of aliphatic carboxylic acids is 1. The Balaban J connectivity index is 1.80. The molecule has 1 aromatic carbocycles. The lowest BCUT2D eigenvalue weighted by Gasteiger charge is -2.23. The molecular weight excluding hydrogens is 297 g/mol. The molecule has 2 N–H and O–H groups in total. The number of benzene rings is 1. The third-order valence-corrected chi connectivity index (χ3v) is 4.52. The molecule has 3 rings (SSSR count). The van der Waals surface area contributed by atoms with Gasteiger partial charge in [0.25, 0.3) is 0 Å². The summed E-state index contributed by atoms with van der Waals surface area (Å²) >= 11 is 5.67. The van der Waals surface area contributed by atoms with Crippen LogP contribution in [0.1, 0.15) is 6.42 Å². The molecule has 2 aliphatic carbocycles. The molecule has 4 nitrogen and oxygen atoms in total. The highest BCUT2D eigenvalue weighted by Crippen LogP contribution is 2.48. The molecule has 0 heterocycles. The van der Waals surface area contributed by atoms with Gasteiger partial charge < -0.3 is 10.4 Å². The molecule has 1 aromatic rings. The minimum atomic E-state index is -0.955. The number of nitrogens with one attached hydrogen (secondary N) is 1. The quantitative estimate of drug-likeness (QED) is 0.844. The molecule has 0 radical (unpaired) electrons. The van der Waals surface area contributed by atoms with Crippen molar-refractivity contribution in [1.29, 1.82) is 0 Å². The van der Waals surface area contributed by atoms with Crippen LogP contribution < -0.4 is 5.32 Å². The second kappa shape index (κ2) is 5.15. The van der Waals surface area contributed by atoms with E-state index in [2.05, 4.69) is 5.32 Å². The molecule has 1 amide bonds. The maximum Gasteiger partial charge on any atom is 0.307 e. The third kappa shape index (κ3) is 2.42. The zero-order chi connectivity index (χ0) is 15.1. The molecule has 2 aliphatic rings. The van der Waals surface area contributed by atoms with Gasteiger partial charge in [0.2, 0.25) is 5.91 Å². The van der Waals surface area contributed by atoms with Crippen LogP contribution in [0.25, 0.3) is 0 Å².